The number of aryl methyl sites for hydroxylation is 1. The van der Waals surface area contributed by atoms with Crippen LogP contribution in [0.1, 0.15) is 23.1 Å². The summed E-state index contributed by atoms with van der Waals surface area (Å²) in [6, 6.07) is 6.21. The lowest BCUT2D eigenvalue weighted by molar-refractivity contribution is -0.176. The molecule has 192 valence electrons. The Labute approximate surface area is 214 Å². The van der Waals surface area contributed by atoms with E-state index in [1.807, 2.05) is 0 Å². The van der Waals surface area contributed by atoms with Gasteiger partial charge in [-0.3, -0.25) is 9.36 Å². The molecule has 0 aliphatic heterocycles. The van der Waals surface area contributed by atoms with Crippen molar-refractivity contribution in [3.8, 4) is 0 Å². The fraction of sp³-hybridized carbons (Fsp3) is 0.154. The number of amides is 1. The number of nitrogens with zero attached hydrogens (tertiary/aromatic N) is 6. The van der Waals surface area contributed by atoms with Crippen LogP contribution < -0.4 is 11.1 Å². The molecule has 1 unspecified atom stereocenters. The molecule has 1 atom stereocenters. The van der Waals surface area contributed by atoms with E-state index < -0.39 is 23.9 Å². The summed E-state index contributed by atoms with van der Waals surface area (Å²) in [5, 5.41) is 3.06. The topological polar surface area (TPSA) is 124 Å². The van der Waals surface area contributed by atoms with E-state index in [1.165, 1.54) is 43.3 Å². The highest BCUT2D eigenvalue weighted by atomic mass is 19.4. The molecule has 0 radical (unpaired) electrons. The van der Waals surface area contributed by atoms with Gasteiger partial charge in [-0.25, -0.2) is 24.9 Å². The minimum atomic E-state index is -4.65. The fourth-order valence-electron chi connectivity index (χ4n) is 4.27. The summed E-state index contributed by atoms with van der Waals surface area (Å²) in [7, 11) is 0. The molecule has 3 heterocycles. The minimum Gasteiger partial charge on any atom is -0.366 e. The van der Waals surface area contributed by atoms with Crippen molar-refractivity contribution in [3.05, 3.63) is 89.9 Å². The van der Waals surface area contributed by atoms with Crippen LogP contribution in [0.5, 0.6) is 0 Å². The lowest BCUT2D eigenvalue weighted by Gasteiger charge is -2.36. The van der Waals surface area contributed by atoms with E-state index in [2.05, 4.69) is 30.2 Å². The third kappa shape index (κ3) is 4.51. The number of carbonyl (C=O) groups excluding carboxylic acids is 1. The van der Waals surface area contributed by atoms with Gasteiger partial charge in [-0.15, -0.1) is 0 Å². The van der Waals surface area contributed by atoms with Crippen molar-refractivity contribution < 1.29 is 18.0 Å². The van der Waals surface area contributed by atoms with Gasteiger partial charge >= 0.3 is 6.18 Å². The molecule has 0 saturated heterocycles. The number of fused-ring (bicyclic) bond motifs is 1. The number of hydrogen-bond acceptors (Lipinski definition) is 7. The smallest absolute Gasteiger partial charge is 0.366 e. The number of alkyl halides is 3. The highest BCUT2D eigenvalue weighted by Crippen LogP contribution is 2.48. The average Bonchev–Trinajstić information content (AvgIpc) is 3.32. The Morgan fingerprint density at radius 2 is 2.00 bits per heavy atom. The third-order valence-corrected chi connectivity index (χ3v) is 6.37. The maximum atomic E-state index is 14.4. The average molecular weight is 519 g/mol. The van der Waals surface area contributed by atoms with Crippen molar-refractivity contribution in [3.63, 3.8) is 0 Å². The number of anilines is 2. The maximum Gasteiger partial charge on any atom is 0.402 e. The van der Waals surface area contributed by atoms with E-state index in [4.69, 9.17) is 5.73 Å². The Morgan fingerprint density at radius 1 is 1.16 bits per heavy atom. The number of carbonyl (C=O) groups is 1. The molecule has 3 N–H and O–H groups in total. The summed E-state index contributed by atoms with van der Waals surface area (Å²) in [5.41, 5.74) is 5.15. The molecule has 4 aromatic rings. The van der Waals surface area contributed by atoms with Gasteiger partial charge in [0.05, 0.1) is 0 Å². The van der Waals surface area contributed by atoms with Crippen molar-refractivity contribution >= 4 is 41.0 Å². The Balaban J connectivity index is 1.50. The first-order chi connectivity index (χ1) is 18.2. The summed E-state index contributed by atoms with van der Waals surface area (Å²) >= 11 is 0. The van der Waals surface area contributed by atoms with Crippen LogP contribution in [0.4, 0.5) is 24.8 Å². The van der Waals surface area contributed by atoms with E-state index in [9.17, 15) is 18.0 Å². The molecule has 9 nitrogen and oxygen atoms in total. The van der Waals surface area contributed by atoms with Crippen LogP contribution in [0.15, 0.2) is 73.2 Å². The monoisotopic (exact) mass is 518 g/mol. The first-order valence-electron chi connectivity index (χ1n) is 11.4. The van der Waals surface area contributed by atoms with Gasteiger partial charge in [-0.05, 0) is 42.2 Å². The van der Waals surface area contributed by atoms with Crippen LogP contribution in [-0.2, 0) is 10.2 Å². The Kier molecular flexibility index (Phi) is 6.23. The lowest BCUT2D eigenvalue weighted by Crippen LogP contribution is -2.43. The van der Waals surface area contributed by atoms with E-state index in [1.54, 1.807) is 42.1 Å². The normalized spacial score (nSPS) is 17.6. The number of nitrogens with one attached hydrogen (secondary N) is 1. The second-order valence-corrected chi connectivity index (χ2v) is 8.71. The first kappa shape index (κ1) is 24.8. The van der Waals surface area contributed by atoms with E-state index in [0.717, 1.165) is 11.6 Å². The lowest BCUT2D eigenvalue weighted by atomic mass is 9.71. The predicted octanol–water partition coefficient (Wildman–Crippen LogP) is 4.47. The number of aromatic nitrogens is 6. The summed E-state index contributed by atoms with van der Waals surface area (Å²) < 4.78 is 45.0. The molecule has 1 aliphatic carbocycles. The Hall–Kier alpha value is -4.87. The number of nitrogens with two attached hydrogens (primary N) is 1. The molecule has 5 rings (SSSR count). The largest absolute Gasteiger partial charge is 0.402 e. The highest BCUT2D eigenvalue weighted by Gasteiger charge is 2.55. The molecular formula is C26H21F3N8O. The number of allylic oxidation sites excluding steroid dienone is 3. The first-order valence-corrected chi connectivity index (χ1v) is 11.4. The second kappa shape index (κ2) is 9.54. The molecule has 1 amide bonds. The Morgan fingerprint density at radius 3 is 2.74 bits per heavy atom. The van der Waals surface area contributed by atoms with E-state index >= 15 is 0 Å². The fourth-order valence-corrected chi connectivity index (χ4v) is 4.27. The summed E-state index contributed by atoms with van der Waals surface area (Å²) in [6.45, 7) is 1.80. The number of imidazole rings is 1. The third-order valence-electron chi connectivity index (χ3n) is 6.37. The standard InChI is InChI=1S/C26H21F3N8O/c1-16-4-5-19(25(26(27,28)29)8-2-3-18(12-25)22(30)38)11-17(16)7-10-37-15-35-21-23(33-14-34-24(21)37)36-20-6-9-31-13-32-20/h2-11,13-15H,12H2,1H3,(H2,30,38)(H,31,32,33,34,36)/b10-7+. The zero-order valence-electron chi connectivity index (χ0n) is 20.0. The van der Waals surface area contributed by atoms with Gasteiger partial charge < -0.3 is 11.1 Å². The van der Waals surface area contributed by atoms with Crippen LogP contribution in [0.3, 0.4) is 0 Å². The molecule has 1 aliphatic rings. The van der Waals surface area contributed by atoms with Crippen LogP contribution in [0.25, 0.3) is 23.4 Å². The summed E-state index contributed by atoms with van der Waals surface area (Å²) in [5.74, 6) is 0.0912. The molecular weight excluding hydrogens is 497 g/mol. The zero-order chi connectivity index (χ0) is 26.9. The van der Waals surface area contributed by atoms with Crippen LogP contribution >= 0.6 is 0 Å². The highest BCUT2D eigenvalue weighted by molar-refractivity contribution is 5.93. The molecule has 12 heteroatoms. The van der Waals surface area contributed by atoms with Gasteiger partial charge in [0.1, 0.15) is 30.2 Å². The molecule has 38 heavy (non-hydrogen) atoms. The SMILES string of the molecule is Cc1ccc(C2(C(F)(F)F)C=CC=C(C(N)=O)C2)cc1/C=C/n1cnc2c(Nc3ccncn3)ncnc21. The van der Waals surface area contributed by atoms with Crippen molar-refractivity contribution in [2.45, 2.75) is 24.9 Å². The number of benzene rings is 1. The molecule has 1 aromatic carbocycles. The Bertz CT molecular complexity index is 1610. The van der Waals surface area contributed by atoms with Gasteiger partial charge in [-0.1, -0.05) is 36.4 Å². The van der Waals surface area contributed by atoms with E-state index in [0.29, 0.717) is 28.4 Å². The second-order valence-electron chi connectivity index (χ2n) is 8.71. The van der Waals surface area contributed by atoms with Crippen molar-refractivity contribution in [2.24, 2.45) is 5.73 Å². The molecule has 0 spiro atoms. The van der Waals surface area contributed by atoms with Crippen molar-refractivity contribution in [2.75, 3.05) is 5.32 Å². The molecule has 0 bridgehead atoms. The number of hydrogen-bond donors (Lipinski definition) is 2. The maximum absolute atomic E-state index is 14.4. The minimum absolute atomic E-state index is 0.00695. The van der Waals surface area contributed by atoms with Crippen molar-refractivity contribution in [1.29, 1.82) is 0 Å². The quantitative estimate of drug-likeness (QED) is 0.386. The molecule has 0 fully saturated rings. The van der Waals surface area contributed by atoms with Crippen molar-refractivity contribution in [1.82, 2.24) is 29.5 Å². The van der Waals surface area contributed by atoms with Gasteiger partial charge in [0.15, 0.2) is 17.0 Å². The number of rotatable bonds is 6. The van der Waals surface area contributed by atoms with Gasteiger partial charge in [0.25, 0.3) is 0 Å². The van der Waals surface area contributed by atoms with Crippen LogP contribution in [0.2, 0.25) is 0 Å². The zero-order valence-corrected chi connectivity index (χ0v) is 20.0. The molecule has 0 saturated carbocycles. The number of halogens is 3. The number of primary amides is 1. The van der Waals surface area contributed by atoms with Crippen LogP contribution in [-0.4, -0.2) is 41.6 Å². The van der Waals surface area contributed by atoms with Gasteiger partial charge in [-0.2, -0.15) is 13.2 Å². The van der Waals surface area contributed by atoms with Gasteiger partial charge in [0, 0.05) is 18.0 Å². The summed E-state index contributed by atoms with van der Waals surface area (Å²) in [6.07, 6.45) is 7.64. The van der Waals surface area contributed by atoms with Crippen LogP contribution in [0, 0.1) is 6.92 Å². The summed E-state index contributed by atoms with van der Waals surface area (Å²) in [4.78, 5) is 32.6. The van der Waals surface area contributed by atoms with Gasteiger partial charge in [0.2, 0.25) is 5.91 Å². The van der Waals surface area contributed by atoms with E-state index in [-0.39, 0.29) is 11.1 Å². The molecule has 3 aromatic heterocycles. The predicted molar refractivity (Wildman–Crippen MR) is 136 cm³/mol.